The fourth-order valence-corrected chi connectivity index (χ4v) is 2.54. The van der Waals surface area contributed by atoms with Crippen LogP contribution in [-0.4, -0.2) is 36.3 Å². The second kappa shape index (κ2) is 9.40. The average molecular weight is 336 g/mol. The van der Waals surface area contributed by atoms with Crippen LogP contribution in [0.2, 0.25) is 0 Å². The van der Waals surface area contributed by atoms with E-state index in [1.54, 1.807) is 30.9 Å². The van der Waals surface area contributed by atoms with Crippen molar-refractivity contribution in [1.29, 1.82) is 0 Å². The molecule has 5 heteroatoms. The van der Waals surface area contributed by atoms with Gasteiger partial charge in [0.15, 0.2) is 0 Å². The molecule has 0 aromatic heterocycles. The molecule has 134 valence electrons. The Hall–Kier alpha value is -1.91. The van der Waals surface area contributed by atoms with Crippen LogP contribution in [0.15, 0.2) is 24.3 Å². The van der Waals surface area contributed by atoms with Crippen LogP contribution in [0.4, 0.5) is 4.39 Å². The monoisotopic (exact) mass is 336 g/mol. The Morgan fingerprint density at radius 1 is 1.08 bits per heavy atom. The lowest BCUT2D eigenvalue weighted by Crippen LogP contribution is -2.50. The smallest absolute Gasteiger partial charge is 0.237 e. The summed E-state index contributed by atoms with van der Waals surface area (Å²) in [5.74, 6) is -0.682. The van der Waals surface area contributed by atoms with Crippen molar-refractivity contribution in [3.63, 3.8) is 0 Å². The zero-order valence-electron chi connectivity index (χ0n) is 15.2. The highest BCUT2D eigenvalue weighted by molar-refractivity contribution is 6.04. The van der Waals surface area contributed by atoms with Crippen molar-refractivity contribution in [3.05, 3.63) is 35.6 Å². The van der Waals surface area contributed by atoms with E-state index in [9.17, 15) is 14.0 Å². The van der Waals surface area contributed by atoms with Gasteiger partial charge in [-0.05, 0) is 50.8 Å². The summed E-state index contributed by atoms with van der Waals surface area (Å²) in [6.45, 7) is 9.12. The summed E-state index contributed by atoms with van der Waals surface area (Å²) in [4.78, 5) is 26.9. The van der Waals surface area contributed by atoms with Crippen LogP contribution >= 0.6 is 0 Å². The molecule has 0 bridgehead atoms. The normalized spacial score (nSPS) is 11.2. The van der Waals surface area contributed by atoms with Gasteiger partial charge in [-0.25, -0.2) is 4.39 Å². The Bertz CT molecular complexity index is 535. The van der Waals surface area contributed by atoms with Gasteiger partial charge in [-0.2, -0.15) is 0 Å². The fraction of sp³-hybridized carbons (Fsp3) is 0.579. The summed E-state index contributed by atoms with van der Waals surface area (Å²) in [7, 11) is 0. The first-order valence-corrected chi connectivity index (χ1v) is 8.65. The molecule has 0 fully saturated rings. The quantitative estimate of drug-likeness (QED) is 0.704. The topological polar surface area (TPSA) is 49.4 Å². The maximum Gasteiger partial charge on any atom is 0.237 e. The van der Waals surface area contributed by atoms with E-state index >= 15 is 0 Å². The van der Waals surface area contributed by atoms with E-state index in [0.29, 0.717) is 26.1 Å². The number of nitrogens with one attached hydrogen (secondary N) is 1. The molecule has 24 heavy (non-hydrogen) atoms. The maximum absolute atomic E-state index is 12.9. The minimum absolute atomic E-state index is 0.134. The molecular weight excluding hydrogens is 307 g/mol. The van der Waals surface area contributed by atoms with Crippen LogP contribution in [-0.2, 0) is 16.0 Å². The van der Waals surface area contributed by atoms with Gasteiger partial charge in [-0.15, -0.1) is 0 Å². The largest absolute Gasteiger partial charge is 0.355 e. The zero-order valence-corrected chi connectivity index (χ0v) is 15.2. The van der Waals surface area contributed by atoms with Gasteiger partial charge in [-0.3, -0.25) is 9.59 Å². The summed E-state index contributed by atoms with van der Waals surface area (Å²) in [6.07, 6.45) is 2.34. The first-order valence-electron chi connectivity index (χ1n) is 8.65. The summed E-state index contributed by atoms with van der Waals surface area (Å²) in [6, 6.07) is 6.19. The molecule has 1 aromatic carbocycles. The third kappa shape index (κ3) is 5.62. The number of benzene rings is 1. The van der Waals surface area contributed by atoms with Gasteiger partial charge < -0.3 is 10.2 Å². The first-order chi connectivity index (χ1) is 11.3. The predicted octanol–water partition coefficient (Wildman–Crippen LogP) is 3.16. The van der Waals surface area contributed by atoms with Gasteiger partial charge in [-0.1, -0.05) is 26.0 Å². The zero-order chi connectivity index (χ0) is 18.2. The highest BCUT2D eigenvalue weighted by atomic mass is 19.1. The van der Waals surface area contributed by atoms with Crippen molar-refractivity contribution in [3.8, 4) is 0 Å². The van der Waals surface area contributed by atoms with Crippen LogP contribution in [0, 0.1) is 11.2 Å². The van der Waals surface area contributed by atoms with E-state index in [-0.39, 0.29) is 17.6 Å². The van der Waals surface area contributed by atoms with Gasteiger partial charge in [0.05, 0.1) is 0 Å². The number of amides is 2. The Kier molecular flexibility index (Phi) is 7.89. The number of carbonyl (C=O) groups excluding carboxylic acids is 2. The van der Waals surface area contributed by atoms with E-state index in [4.69, 9.17) is 0 Å². The SMILES string of the molecule is CCCN(CCC)C(=O)C(C)(C)C(=O)NCCc1ccc(F)cc1. The Labute approximate surface area is 144 Å². The molecule has 1 aromatic rings. The second-order valence-corrected chi connectivity index (χ2v) is 6.55. The Morgan fingerprint density at radius 2 is 1.62 bits per heavy atom. The van der Waals surface area contributed by atoms with Crippen molar-refractivity contribution in [2.45, 2.75) is 47.0 Å². The van der Waals surface area contributed by atoms with E-state index in [1.165, 1.54) is 12.1 Å². The van der Waals surface area contributed by atoms with Gasteiger partial charge in [0.25, 0.3) is 0 Å². The lowest BCUT2D eigenvalue weighted by Gasteiger charge is -2.30. The molecule has 0 saturated heterocycles. The average Bonchev–Trinajstić information content (AvgIpc) is 2.55. The molecule has 0 saturated carbocycles. The molecule has 0 unspecified atom stereocenters. The molecule has 2 amide bonds. The minimum Gasteiger partial charge on any atom is -0.355 e. The molecule has 1 rings (SSSR count). The number of carbonyl (C=O) groups is 2. The summed E-state index contributed by atoms with van der Waals surface area (Å²) in [5, 5.41) is 2.83. The number of rotatable bonds is 9. The summed E-state index contributed by atoms with van der Waals surface area (Å²) < 4.78 is 12.9. The number of hydrogen-bond acceptors (Lipinski definition) is 2. The van der Waals surface area contributed by atoms with Crippen molar-refractivity contribution in [1.82, 2.24) is 10.2 Å². The van der Waals surface area contributed by atoms with Crippen molar-refractivity contribution < 1.29 is 14.0 Å². The predicted molar refractivity (Wildman–Crippen MR) is 94.1 cm³/mol. The molecule has 0 radical (unpaired) electrons. The molecule has 0 atom stereocenters. The molecule has 1 N–H and O–H groups in total. The standard InChI is InChI=1S/C19H29FN2O2/c1-5-13-22(14-6-2)18(24)19(3,4)17(23)21-12-11-15-7-9-16(20)10-8-15/h7-10H,5-6,11-14H2,1-4H3,(H,21,23). The van der Waals surface area contributed by atoms with Gasteiger partial charge in [0.2, 0.25) is 11.8 Å². The Morgan fingerprint density at radius 3 is 2.12 bits per heavy atom. The van der Waals surface area contributed by atoms with Crippen molar-refractivity contribution >= 4 is 11.8 Å². The highest BCUT2D eigenvalue weighted by Crippen LogP contribution is 2.20. The molecule has 0 aliphatic heterocycles. The van der Waals surface area contributed by atoms with Crippen LogP contribution in [0.3, 0.4) is 0 Å². The van der Waals surface area contributed by atoms with Crippen LogP contribution in [0.5, 0.6) is 0 Å². The lowest BCUT2D eigenvalue weighted by atomic mass is 9.90. The summed E-state index contributed by atoms with van der Waals surface area (Å²) in [5.41, 5.74) is -0.146. The molecule has 0 aliphatic carbocycles. The van der Waals surface area contributed by atoms with Gasteiger partial charge >= 0.3 is 0 Å². The highest BCUT2D eigenvalue weighted by Gasteiger charge is 2.38. The Balaban J connectivity index is 2.59. The number of hydrogen-bond donors (Lipinski definition) is 1. The molecule has 0 spiro atoms. The van der Waals surface area contributed by atoms with Crippen LogP contribution in [0.25, 0.3) is 0 Å². The molecular formula is C19H29FN2O2. The van der Waals surface area contributed by atoms with Gasteiger partial charge in [0.1, 0.15) is 11.2 Å². The van der Waals surface area contributed by atoms with E-state index in [2.05, 4.69) is 5.32 Å². The minimum atomic E-state index is -1.09. The first kappa shape index (κ1) is 20.1. The number of halogens is 1. The molecule has 0 aliphatic rings. The third-order valence-electron chi connectivity index (χ3n) is 3.99. The fourth-order valence-electron chi connectivity index (χ4n) is 2.54. The third-order valence-corrected chi connectivity index (χ3v) is 3.99. The van der Waals surface area contributed by atoms with Crippen molar-refractivity contribution in [2.75, 3.05) is 19.6 Å². The van der Waals surface area contributed by atoms with E-state index < -0.39 is 5.41 Å². The van der Waals surface area contributed by atoms with Crippen molar-refractivity contribution in [2.24, 2.45) is 5.41 Å². The number of nitrogens with zero attached hydrogens (tertiary/aromatic N) is 1. The van der Waals surface area contributed by atoms with Crippen LogP contribution < -0.4 is 5.32 Å². The van der Waals surface area contributed by atoms with E-state index in [0.717, 1.165) is 18.4 Å². The van der Waals surface area contributed by atoms with Gasteiger partial charge in [0, 0.05) is 19.6 Å². The molecule has 4 nitrogen and oxygen atoms in total. The second-order valence-electron chi connectivity index (χ2n) is 6.55. The van der Waals surface area contributed by atoms with Crippen LogP contribution in [0.1, 0.15) is 46.1 Å². The van der Waals surface area contributed by atoms with E-state index in [1.807, 2.05) is 13.8 Å². The maximum atomic E-state index is 12.9. The molecule has 0 heterocycles. The summed E-state index contributed by atoms with van der Waals surface area (Å²) >= 11 is 0. The lowest BCUT2D eigenvalue weighted by molar-refractivity contribution is -0.148.